The molecule has 1 aromatic heterocycles. The average molecular weight is 291 g/mol. The number of nitrogens with one attached hydrogen (secondary N) is 1. The van der Waals surface area contributed by atoms with E-state index >= 15 is 0 Å². The van der Waals surface area contributed by atoms with Crippen LogP contribution in [0.15, 0.2) is 27.9 Å². The van der Waals surface area contributed by atoms with E-state index in [1.807, 2.05) is 0 Å². The SMILES string of the molecule is Cc1nc2c(c(=O)[nH]1)-c1cc(S(N)(=O)=O)ccc1CC2. The number of H-pyrrole nitrogens is 1. The van der Waals surface area contributed by atoms with Crippen molar-refractivity contribution in [3.8, 4) is 11.1 Å². The van der Waals surface area contributed by atoms with E-state index in [2.05, 4.69) is 9.97 Å². The topological polar surface area (TPSA) is 106 Å². The molecule has 0 spiro atoms. The molecule has 1 heterocycles. The normalized spacial score (nSPS) is 13.7. The van der Waals surface area contributed by atoms with E-state index in [-0.39, 0.29) is 10.5 Å². The molecule has 3 rings (SSSR count). The van der Waals surface area contributed by atoms with Gasteiger partial charge in [0.15, 0.2) is 0 Å². The summed E-state index contributed by atoms with van der Waals surface area (Å²) in [5.41, 5.74) is 2.43. The number of rotatable bonds is 1. The highest BCUT2D eigenvalue weighted by atomic mass is 32.2. The van der Waals surface area contributed by atoms with Crippen molar-refractivity contribution in [3.63, 3.8) is 0 Å². The molecule has 0 bridgehead atoms. The minimum atomic E-state index is -3.79. The van der Waals surface area contributed by atoms with Gasteiger partial charge < -0.3 is 4.98 Å². The van der Waals surface area contributed by atoms with Crippen molar-refractivity contribution in [2.75, 3.05) is 0 Å². The molecule has 20 heavy (non-hydrogen) atoms. The maximum atomic E-state index is 12.1. The Hall–Kier alpha value is -1.99. The lowest BCUT2D eigenvalue weighted by molar-refractivity contribution is 0.597. The maximum absolute atomic E-state index is 12.1. The summed E-state index contributed by atoms with van der Waals surface area (Å²) in [6, 6.07) is 4.63. The van der Waals surface area contributed by atoms with E-state index in [4.69, 9.17) is 5.14 Å². The number of nitrogens with two attached hydrogens (primary N) is 1. The molecule has 1 aliphatic rings. The van der Waals surface area contributed by atoms with Crippen LogP contribution in [0.5, 0.6) is 0 Å². The summed E-state index contributed by atoms with van der Waals surface area (Å²) in [5.74, 6) is 0.555. The van der Waals surface area contributed by atoms with Gasteiger partial charge in [0.05, 0.1) is 16.2 Å². The van der Waals surface area contributed by atoms with Crippen LogP contribution in [0.2, 0.25) is 0 Å². The predicted molar refractivity (Wildman–Crippen MR) is 73.8 cm³/mol. The summed E-state index contributed by atoms with van der Waals surface area (Å²) < 4.78 is 22.9. The zero-order chi connectivity index (χ0) is 14.5. The number of aryl methyl sites for hydroxylation is 3. The first-order valence-corrected chi connectivity index (χ1v) is 7.67. The Morgan fingerprint density at radius 1 is 1.30 bits per heavy atom. The first-order valence-electron chi connectivity index (χ1n) is 6.12. The number of hydrogen-bond acceptors (Lipinski definition) is 4. The summed E-state index contributed by atoms with van der Waals surface area (Å²) in [5, 5.41) is 5.14. The van der Waals surface area contributed by atoms with Gasteiger partial charge in [0, 0.05) is 0 Å². The molecule has 0 fully saturated rings. The molecular formula is C13H13N3O3S. The number of fused-ring (bicyclic) bond motifs is 3. The molecule has 0 amide bonds. The molecule has 104 valence electrons. The van der Waals surface area contributed by atoms with Gasteiger partial charge in [-0.15, -0.1) is 0 Å². The highest BCUT2D eigenvalue weighted by Gasteiger charge is 2.22. The molecule has 0 atom stereocenters. The zero-order valence-electron chi connectivity index (χ0n) is 10.8. The van der Waals surface area contributed by atoms with Crippen LogP contribution in [0.3, 0.4) is 0 Å². The summed E-state index contributed by atoms with van der Waals surface area (Å²) in [6.07, 6.45) is 1.39. The molecule has 0 saturated heterocycles. The fraction of sp³-hybridized carbons (Fsp3) is 0.231. The first-order chi connectivity index (χ1) is 9.36. The molecule has 0 saturated carbocycles. The van der Waals surface area contributed by atoms with Crippen LogP contribution in [0.4, 0.5) is 0 Å². The fourth-order valence-corrected chi connectivity index (χ4v) is 3.08. The number of benzene rings is 1. The quantitative estimate of drug-likeness (QED) is 0.797. The van der Waals surface area contributed by atoms with Gasteiger partial charge in [-0.1, -0.05) is 6.07 Å². The van der Waals surface area contributed by atoms with Crippen molar-refractivity contribution in [1.82, 2.24) is 9.97 Å². The van der Waals surface area contributed by atoms with Crippen LogP contribution >= 0.6 is 0 Å². The van der Waals surface area contributed by atoms with Gasteiger partial charge >= 0.3 is 0 Å². The van der Waals surface area contributed by atoms with Gasteiger partial charge in [-0.25, -0.2) is 18.5 Å². The van der Waals surface area contributed by atoms with Crippen molar-refractivity contribution in [1.29, 1.82) is 0 Å². The highest BCUT2D eigenvalue weighted by molar-refractivity contribution is 7.89. The largest absolute Gasteiger partial charge is 0.310 e. The summed E-state index contributed by atoms with van der Waals surface area (Å²) in [7, 11) is -3.79. The molecule has 6 nitrogen and oxygen atoms in total. The fourth-order valence-electron chi connectivity index (χ4n) is 2.54. The Bertz CT molecular complexity index is 869. The Morgan fingerprint density at radius 2 is 2.05 bits per heavy atom. The van der Waals surface area contributed by atoms with E-state index in [0.29, 0.717) is 29.1 Å². The van der Waals surface area contributed by atoms with Gasteiger partial charge in [0.25, 0.3) is 5.56 Å². The standard InChI is InChI=1S/C13H13N3O3S/c1-7-15-11-5-3-8-2-4-9(20(14,18)19)6-10(8)12(11)13(17)16-7/h2,4,6H,3,5H2,1H3,(H2,14,18,19)(H,15,16,17). The third-order valence-electron chi connectivity index (χ3n) is 3.42. The molecular weight excluding hydrogens is 278 g/mol. The molecule has 0 radical (unpaired) electrons. The van der Waals surface area contributed by atoms with Crippen LogP contribution < -0.4 is 10.7 Å². The average Bonchev–Trinajstić information content (AvgIpc) is 2.35. The van der Waals surface area contributed by atoms with Crippen molar-refractivity contribution >= 4 is 10.0 Å². The molecule has 2 aromatic rings. The minimum absolute atomic E-state index is 0.00377. The van der Waals surface area contributed by atoms with Gasteiger partial charge in [-0.3, -0.25) is 4.79 Å². The summed E-state index contributed by atoms with van der Waals surface area (Å²) in [6.45, 7) is 1.72. The minimum Gasteiger partial charge on any atom is -0.310 e. The van der Waals surface area contributed by atoms with Crippen molar-refractivity contribution in [3.05, 3.63) is 45.6 Å². The lowest BCUT2D eigenvalue weighted by Crippen LogP contribution is -2.21. The molecule has 0 unspecified atom stereocenters. The van der Waals surface area contributed by atoms with E-state index in [9.17, 15) is 13.2 Å². The highest BCUT2D eigenvalue weighted by Crippen LogP contribution is 2.31. The van der Waals surface area contributed by atoms with Crippen LogP contribution in [0.1, 0.15) is 17.1 Å². The maximum Gasteiger partial charge on any atom is 0.259 e. The van der Waals surface area contributed by atoms with Crippen molar-refractivity contribution in [2.24, 2.45) is 5.14 Å². The Balaban J connectivity index is 2.33. The van der Waals surface area contributed by atoms with Gasteiger partial charge in [-0.05, 0) is 43.0 Å². The second kappa shape index (κ2) is 4.26. The smallest absolute Gasteiger partial charge is 0.259 e. The van der Waals surface area contributed by atoms with E-state index in [0.717, 1.165) is 12.0 Å². The predicted octanol–water partition coefficient (Wildman–Crippen LogP) is 0.491. The van der Waals surface area contributed by atoms with Crippen molar-refractivity contribution < 1.29 is 8.42 Å². The number of primary sulfonamides is 1. The molecule has 1 aliphatic carbocycles. The number of aromatic nitrogens is 2. The third kappa shape index (κ3) is 2.04. The monoisotopic (exact) mass is 291 g/mol. The van der Waals surface area contributed by atoms with Crippen molar-refractivity contribution in [2.45, 2.75) is 24.7 Å². The number of hydrogen-bond donors (Lipinski definition) is 2. The van der Waals surface area contributed by atoms with Gasteiger partial charge in [0.2, 0.25) is 10.0 Å². The lowest BCUT2D eigenvalue weighted by Gasteiger charge is -2.19. The Morgan fingerprint density at radius 3 is 2.75 bits per heavy atom. The van der Waals surface area contributed by atoms with Crippen LogP contribution in [0.25, 0.3) is 11.1 Å². The zero-order valence-corrected chi connectivity index (χ0v) is 11.6. The van der Waals surface area contributed by atoms with Crippen LogP contribution in [0, 0.1) is 6.92 Å². The van der Waals surface area contributed by atoms with E-state index in [1.54, 1.807) is 13.0 Å². The second-order valence-corrected chi connectivity index (χ2v) is 6.40. The lowest BCUT2D eigenvalue weighted by atomic mass is 9.89. The number of nitrogens with zero attached hydrogens (tertiary/aromatic N) is 1. The number of sulfonamides is 1. The van der Waals surface area contributed by atoms with E-state index in [1.165, 1.54) is 12.1 Å². The summed E-state index contributed by atoms with van der Waals surface area (Å²) in [4.78, 5) is 19.1. The first kappa shape index (κ1) is 13.0. The molecule has 3 N–H and O–H groups in total. The molecule has 0 aliphatic heterocycles. The van der Waals surface area contributed by atoms with E-state index < -0.39 is 10.0 Å². The Labute approximate surface area is 115 Å². The molecule has 1 aromatic carbocycles. The van der Waals surface area contributed by atoms with Gasteiger partial charge in [-0.2, -0.15) is 0 Å². The van der Waals surface area contributed by atoms with Gasteiger partial charge in [0.1, 0.15) is 5.82 Å². The molecule has 7 heteroatoms. The number of aromatic amines is 1. The van der Waals surface area contributed by atoms with Crippen LogP contribution in [-0.2, 0) is 22.9 Å². The summed E-state index contributed by atoms with van der Waals surface area (Å²) >= 11 is 0. The second-order valence-electron chi connectivity index (χ2n) is 4.84. The van der Waals surface area contributed by atoms with Crippen LogP contribution in [-0.4, -0.2) is 18.4 Å². The Kier molecular flexibility index (Phi) is 2.77. The third-order valence-corrected chi connectivity index (χ3v) is 4.33.